The molecule has 0 fully saturated rings. The van der Waals surface area contributed by atoms with Crippen molar-refractivity contribution in [3.63, 3.8) is 0 Å². The maximum Gasteiger partial charge on any atom is 0.268 e. The van der Waals surface area contributed by atoms with Crippen molar-refractivity contribution in [3.8, 4) is 17.2 Å². The average Bonchev–Trinajstić information content (AvgIpc) is 2.82. The molecular formula is C25H23ClN2O5. The van der Waals surface area contributed by atoms with Gasteiger partial charge in [0.25, 0.3) is 11.8 Å². The van der Waals surface area contributed by atoms with E-state index in [0.29, 0.717) is 45.8 Å². The van der Waals surface area contributed by atoms with Crippen molar-refractivity contribution >= 4 is 34.8 Å². The molecule has 4 rings (SSSR count). The molecule has 3 aromatic rings. The molecule has 33 heavy (non-hydrogen) atoms. The molecule has 0 saturated carbocycles. The Morgan fingerprint density at radius 1 is 1.06 bits per heavy atom. The minimum atomic E-state index is -0.624. The van der Waals surface area contributed by atoms with Gasteiger partial charge in [-0.3, -0.25) is 9.59 Å². The number of amides is 2. The van der Waals surface area contributed by atoms with Gasteiger partial charge in [-0.1, -0.05) is 23.7 Å². The van der Waals surface area contributed by atoms with Crippen molar-refractivity contribution in [2.24, 2.45) is 0 Å². The summed E-state index contributed by atoms with van der Waals surface area (Å²) in [6.07, 6.45) is -0.624. The molecule has 0 bridgehead atoms. The topological polar surface area (TPSA) is 77.1 Å². The third-order valence-corrected chi connectivity index (χ3v) is 5.50. The summed E-state index contributed by atoms with van der Waals surface area (Å²) < 4.78 is 16.3. The molecular weight excluding hydrogens is 444 g/mol. The van der Waals surface area contributed by atoms with Crippen LogP contribution in [-0.2, 0) is 11.3 Å². The second-order valence-electron chi connectivity index (χ2n) is 7.55. The Labute approximate surface area is 196 Å². The number of hydrogen-bond donors (Lipinski definition) is 1. The van der Waals surface area contributed by atoms with Crippen molar-refractivity contribution in [1.82, 2.24) is 0 Å². The Morgan fingerprint density at radius 2 is 1.79 bits per heavy atom. The number of rotatable bonds is 6. The van der Waals surface area contributed by atoms with Gasteiger partial charge in [-0.05, 0) is 55.0 Å². The molecule has 1 heterocycles. The molecule has 1 aliphatic heterocycles. The molecule has 1 N–H and O–H groups in total. The molecule has 1 unspecified atom stereocenters. The predicted octanol–water partition coefficient (Wildman–Crippen LogP) is 4.92. The number of hydrogen-bond acceptors (Lipinski definition) is 5. The molecule has 0 saturated heterocycles. The fraction of sp³-hybridized carbons (Fsp3) is 0.200. The summed E-state index contributed by atoms with van der Waals surface area (Å²) >= 11 is 6.12. The highest BCUT2D eigenvalue weighted by atomic mass is 35.5. The lowest BCUT2D eigenvalue weighted by Crippen LogP contribution is -2.44. The third kappa shape index (κ3) is 4.88. The number of nitrogens with zero attached hydrogens (tertiary/aromatic N) is 1. The van der Waals surface area contributed by atoms with Gasteiger partial charge in [0.1, 0.15) is 17.2 Å². The quantitative estimate of drug-likeness (QED) is 0.557. The lowest BCUT2D eigenvalue weighted by atomic mass is 10.1. The second-order valence-corrected chi connectivity index (χ2v) is 7.99. The lowest BCUT2D eigenvalue weighted by Gasteiger charge is -2.33. The van der Waals surface area contributed by atoms with E-state index in [2.05, 4.69) is 5.32 Å². The maximum absolute atomic E-state index is 12.9. The van der Waals surface area contributed by atoms with Gasteiger partial charge in [-0.25, -0.2) is 0 Å². The van der Waals surface area contributed by atoms with Crippen LogP contribution in [0.1, 0.15) is 22.8 Å². The number of carbonyl (C=O) groups is 2. The molecule has 2 amide bonds. The highest BCUT2D eigenvalue weighted by molar-refractivity contribution is 6.30. The van der Waals surface area contributed by atoms with Crippen LogP contribution >= 0.6 is 11.6 Å². The van der Waals surface area contributed by atoms with Gasteiger partial charge in [0, 0.05) is 22.3 Å². The van der Waals surface area contributed by atoms with E-state index in [9.17, 15) is 9.59 Å². The van der Waals surface area contributed by atoms with E-state index in [4.69, 9.17) is 25.8 Å². The summed E-state index contributed by atoms with van der Waals surface area (Å²) in [5.74, 6) is 1.05. The molecule has 0 aromatic heterocycles. The van der Waals surface area contributed by atoms with Crippen molar-refractivity contribution in [2.45, 2.75) is 19.6 Å². The van der Waals surface area contributed by atoms with Crippen LogP contribution in [0.2, 0.25) is 5.02 Å². The Bertz CT molecular complexity index is 1190. The Morgan fingerprint density at radius 3 is 2.45 bits per heavy atom. The predicted molar refractivity (Wildman–Crippen MR) is 127 cm³/mol. The molecule has 170 valence electrons. The first-order valence-corrected chi connectivity index (χ1v) is 10.7. The Kier molecular flexibility index (Phi) is 6.42. The fourth-order valence-electron chi connectivity index (χ4n) is 3.61. The minimum Gasteiger partial charge on any atom is -0.497 e. The fourth-order valence-corrected chi connectivity index (χ4v) is 3.82. The number of benzene rings is 3. The van der Waals surface area contributed by atoms with Crippen molar-refractivity contribution in [1.29, 1.82) is 0 Å². The van der Waals surface area contributed by atoms with Crippen molar-refractivity contribution in [3.05, 3.63) is 76.8 Å². The molecule has 0 aliphatic carbocycles. The smallest absolute Gasteiger partial charge is 0.268 e. The monoisotopic (exact) mass is 466 g/mol. The van der Waals surface area contributed by atoms with Gasteiger partial charge in [0.05, 0.1) is 26.5 Å². The van der Waals surface area contributed by atoms with E-state index < -0.39 is 6.10 Å². The van der Waals surface area contributed by atoms with E-state index >= 15 is 0 Å². The number of halogens is 1. The highest BCUT2D eigenvalue weighted by Crippen LogP contribution is 2.37. The van der Waals surface area contributed by atoms with Gasteiger partial charge in [-0.2, -0.15) is 0 Å². The van der Waals surface area contributed by atoms with E-state index in [0.717, 1.165) is 5.56 Å². The van der Waals surface area contributed by atoms with Crippen LogP contribution in [0.3, 0.4) is 0 Å². The summed E-state index contributed by atoms with van der Waals surface area (Å²) in [7, 11) is 3.04. The number of carbonyl (C=O) groups excluding carboxylic acids is 2. The van der Waals surface area contributed by atoms with E-state index in [-0.39, 0.29) is 11.8 Å². The summed E-state index contributed by atoms with van der Waals surface area (Å²) in [6.45, 7) is 2.03. The zero-order valence-corrected chi connectivity index (χ0v) is 19.2. The third-order valence-electron chi connectivity index (χ3n) is 5.27. The summed E-state index contributed by atoms with van der Waals surface area (Å²) in [6, 6.07) is 17.5. The molecule has 8 heteroatoms. The van der Waals surface area contributed by atoms with Crippen LogP contribution in [0, 0.1) is 0 Å². The molecule has 0 spiro atoms. The molecule has 1 atom stereocenters. The van der Waals surface area contributed by atoms with Gasteiger partial charge >= 0.3 is 0 Å². The number of fused-ring (bicyclic) bond motifs is 1. The second kappa shape index (κ2) is 9.42. The Balaban J connectivity index is 1.63. The van der Waals surface area contributed by atoms with Crippen LogP contribution in [0.15, 0.2) is 60.7 Å². The summed E-state index contributed by atoms with van der Waals surface area (Å²) in [5.41, 5.74) is 2.34. The largest absolute Gasteiger partial charge is 0.497 e. The Hall–Kier alpha value is -3.71. The summed E-state index contributed by atoms with van der Waals surface area (Å²) in [5, 5.41) is 3.46. The van der Waals surface area contributed by atoms with Crippen LogP contribution < -0.4 is 24.4 Å². The van der Waals surface area contributed by atoms with Crippen LogP contribution in [0.25, 0.3) is 0 Å². The van der Waals surface area contributed by atoms with Crippen LogP contribution in [0.5, 0.6) is 17.2 Å². The lowest BCUT2D eigenvalue weighted by molar-refractivity contribution is -0.125. The molecule has 0 radical (unpaired) electrons. The van der Waals surface area contributed by atoms with E-state index in [1.54, 1.807) is 54.3 Å². The minimum absolute atomic E-state index is 0.177. The van der Waals surface area contributed by atoms with Crippen LogP contribution in [0.4, 0.5) is 11.4 Å². The SMILES string of the molecule is COc1cc(OC)cc(C(=O)Nc2ccc3c(c2)N(Cc2cccc(Cl)c2)C(=O)C(C)O3)c1. The molecule has 1 aliphatic rings. The van der Waals surface area contributed by atoms with Gasteiger partial charge in [0.2, 0.25) is 0 Å². The van der Waals surface area contributed by atoms with Gasteiger partial charge in [0.15, 0.2) is 6.10 Å². The van der Waals surface area contributed by atoms with Crippen molar-refractivity contribution < 1.29 is 23.8 Å². The van der Waals surface area contributed by atoms with Crippen molar-refractivity contribution in [2.75, 3.05) is 24.4 Å². The number of nitrogens with one attached hydrogen (secondary N) is 1. The molecule has 7 nitrogen and oxygen atoms in total. The molecule has 3 aromatic carbocycles. The zero-order valence-electron chi connectivity index (χ0n) is 18.4. The van der Waals surface area contributed by atoms with E-state index in [1.165, 1.54) is 14.2 Å². The first-order valence-electron chi connectivity index (χ1n) is 10.3. The van der Waals surface area contributed by atoms with Gasteiger partial charge < -0.3 is 24.4 Å². The average molecular weight is 467 g/mol. The first-order chi connectivity index (χ1) is 15.9. The van der Waals surface area contributed by atoms with Gasteiger partial charge in [-0.15, -0.1) is 0 Å². The number of methoxy groups -OCH3 is 2. The van der Waals surface area contributed by atoms with E-state index in [1.807, 2.05) is 18.2 Å². The first kappa shape index (κ1) is 22.5. The maximum atomic E-state index is 12.9. The zero-order chi connectivity index (χ0) is 23.5. The highest BCUT2D eigenvalue weighted by Gasteiger charge is 2.32. The summed E-state index contributed by atoms with van der Waals surface area (Å²) in [4.78, 5) is 27.5. The number of anilines is 2. The standard InChI is InChI=1S/C25H23ClN2O5/c1-15-25(30)28(14-16-5-4-6-18(26)9-16)22-12-19(7-8-23(22)33-15)27-24(29)17-10-20(31-2)13-21(11-17)32-3/h4-13,15H,14H2,1-3H3,(H,27,29). The number of ether oxygens (including phenoxy) is 3. The van der Waals surface area contributed by atoms with Crippen LogP contribution in [-0.4, -0.2) is 32.1 Å². The normalized spacial score (nSPS) is 14.8.